The molecular formula is C15H23N. The van der Waals surface area contributed by atoms with Gasteiger partial charge in [0.25, 0.3) is 0 Å². The number of hydrogen-bond acceptors (Lipinski definition) is 1. The molecule has 1 aromatic carbocycles. The highest BCUT2D eigenvalue weighted by Gasteiger charge is 2.20. The van der Waals surface area contributed by atoms with Crippen molar-refractivity contribution in [2.45, 2.75) is 45.4 Å². The van der Waals surface area contributed by atoms with Crippen LogP contribution >= 0.6 is 0 Å². The topological polar surface area (TPSA) is 12.0 Å². The van der Waals surface area contributed by atoms with Gasteiger partial charge in [0.1, 0.15) is 0 Å². The van der Waals surface area contributed by atoms with E-state index in [-0.39, 0.29) is 5.41 Å². The molecular weight excluding hydrogens is 194 g/mol. The molecule has 1 unspecified atom stereocenters. The molecule has 88 valence electrons. The Morgan fingerprint density at radius 3 is 2.50 bits per heavy atom. The van der Waals surface area contributed by atoms with E-state index < -0.39 is 0 Å². The minimum atomic E-state index is 0.261. The lowest BCUT2D eigenvalue weighted by molar-refractivity contribution is 0.588. The van der Waals surface area contributed by atoms with Crippen molar-refractivity contribution >= 4 is 0 Å². The van der Waals surface area contributed by atoms with Crippen molar-refractivity contribution in [3.8, 4) is 0 Å². The number of nitrogens with one attached hydrogen (secondary N) is 1. The normalized spacial score (nSPS) is 21.4. The second kappa shape index (κ2) is 4.21. The summed E-state index contributed by atoms with van der Waals surface area (Å²) in [7, 11) is 0. The van der Waals surface area contributed by atoms with Gasteiger partial charge in [-0.25, -0.2) is 0 Å². The number of benzene rings is 1. The summed E-state index contributed by atoms with van der Waals surface area (Å²) in [6, 6.07) is 7.02. The molecule has 0 bridgehead atoms. The number of aryl methyl sites for hydroxylation is 1. The van der Waals surface area contributed by atoms with E-state index in [2.05, 4.69) is 51.2 Å². The van der Waals surface area contributed by atoms with Crippen LogP contribution in [0.4, 0.5) is 0 Å². The molecule has 1 aromatic rings. The molecule has 1 heteroatoms. The Morgan fingerprint density at radius 2 is 2.00 bits per heavy atom. The molecule has 0 amide bonds. The summed E-state index contributed by atoms with van der Waals surface area (Å²) in [5.74, 6) is 0.731. The molecule has 1 atom stereocenters. The Morgan fingerprint density at radius 1 is 1.25 bits per heavy atom. The summed E-state index contributed by atoms with van der Waals surface area (Å²) in [6.45, 7) is 11.4. The lowest BCUT2D eigenvalue weighted by Gasteiger charge is -2.22. The zero-order valence-electron chi connectivity index (χ0n) is 10.9. The Kier molecular flexibility index (Phi) is 3.07. The molecule has 0 spiro atoms. The van der Waals surface area contributed by atoms with Crippen molar-refractivity contribution in [2.75, 3.05) is 13.1 Å². The maximum atomic E-state index is 3.44. The molecule has 1 saturated heterocycles. The van der Waals surface area contributed by atoms with Gasteiger partial charge in [-0.05, 0) is 47.9 Å². The Labute approximate surface area is 99.3 Å². The van der Waals surface area contributed by atoms with Crippen LogP contribution in [-0.2, 0) is 5.41 Å². The average molecular weight is 217 g/mol. The maximum absolute atomic E-state index is 3.44. The lowest BCUT2D eigenvalue weighted by Crippen LogP contribution is -2.13. The predicted molar refractivity (Wildman–Crippen MR) is 70.1 cm³/mol. The fourth-order valence-corrected chi connectivity index (χ4v) is 2.52. The molecule has 1 aliphatic heterocycles. The van der Waals surface area contributed by atoms with Gasteiger partial charge in [-0.15, -0.1) is 0 Å². The van der Waals surface area contributed by atoms with Gasteiger partial charge >= 0.3 is 0 Å². The third kappa shape index (κ3) is 2.30. The van der Waals surface area contributed by atoms with Gasteiger partial charge in [0.2, 0.25) is 0 Å². The summed E-state index contributed by atoms with van der Waals surface area (Å²) in [4.78, 5) is 0. The first-order valence-electron chi connectivity index (χ1n) is 6.30. The fraction of sp³-hybridized carbons (Fsp3) is 0.600. The van der Waals surface area contributed by atoms with Gasteiger partial charge < -0.3 is 5.32 Å². The highest BCUT2D eigenvalue weighted by Crippen LogP contribution is 2.29. The van der Waals surface area contributed by atoms with Gasteiger partial charge in [-0.1, -0.05) is 39.0 Å². The Hall–Kier alpha value is -0.820. The molecule has 2 rings (SSSR count). The van der Waals surface area contributed by atoms with Crippen molar-refractivity contribution < 1.29 is 0 Å². The van der Waals surface area contributed by atoms with E-state index in [4.69, 9.17) is 0 Å². The number of hydrogen-bond donors (Lipinski definition) is 1. The van der Waals surface area contributed by atoms with Crippen molar-refractivity contribution in [1.29, 1.82) is 0 Å². The van der Waals surface area contributed by atoms with Crippen molar-refractivity contribution in [1.82, 2.24) is 5.32 Å². The van der Waals surface area contributed by atoms with E-state index in [9.17, 15) is 0 Å². The van der Waals surface area contributed by atoms with E-state index >= 15 is 0 Å². The summed E-state index contributed by atoms with van der Waals surface area (Å²) in [6.07, 6.45) is 1.29. The highest BCUT2D eigenvalue weighted by molar-refractivity contribution is 5.37. The minimum Gasteiger partial charge on any atom is -0.316 e. The second-order valence-electron chi connectivity index (χ2n) is 6.01. The minimum absolute atomic E-state index is 0.261. The van der Waals surface area contributed by atoms with E-state index in [1.165, 1.54) is 29.7 Å². The third-order valence-corrected chi connectivity index (χ3v) is 3.64. The quantitative estimate of drug-likeness (QED) is 0.760. The zero-order chi connectivity index (χ0) is 11.8. The Balaban J connectivity index is 2.29. The third-order valence-electron chi connectivity index (χ3n) is 3.64. The zero-order valence-corrected chi connectivity index (χ0v) is 10.9. The molecule has 1 aliphatic rings. The first-order valence-corrected chi connectivity index (χ1v) is 6.30. The van der Waals surface area contributed by atoms with Crippen LogP contribution in [0.25, 0.3) is 0 Å². The standard InChI is InChI=1S/C15H23N/c1-11-9-13(15(2,3)4)5-6-14(11)12-7-8-16-10-12/h5-6,9,12,16H,7-8,10H2,1-4H3. The van der Waals surface area contributed by atoms with Crippen LogP contribution in [0.1, 0.15) is 49.8 Å². The highest BCUT2D eigenvalue weighted by atomic mass is 14.9. The van der Waals surface area contributed by atoms with Crippen LogP contribution in [0.5, 0.6) is 0 Å². The summed E-state index contributed by atoms with van der Waals surface area (Å²) in [5.41, 5.74) is 4.70. The maximum Gasteiger partial charge on any atom is 0.00207 e. The average Bonchev–Trinajstić information content (AvgIpc) is 2.69. The van der Waals surface area contributed by atoms with E-state index in [0.717, 1.165) is 12.5 Å². The smallest absolute Gasteiger partial charge is 0.00207 e. The van der Waals surface area contributed by atoms with Gasteiger partial charge in [-0.2, -0.15) is 0 Å². The molecule has 1 heterocycles. The molecule has 0 aliphatic carbocycles. The number of rotatable bonds is 1. The molecule has 0 aromatic heterocycles. The van der Waals surface area contributed by atoms with Crippen molar-refractivity contribution in [3.05, 3.63) is 34.9 Å². The van der Waals surface area contributed by atoms with Crippen molar-refractivity contribution in [2.24, 2.45) is 0 Å². The van der Waals surface area contributed by atoms with E-state index in [1.54, 1.807) is 0 Å². The van der Waals surface area contributed by atoms with Crippen LogP contribution in [0.2, 0.25) is 0 Å². The largest absolute Gasteiger partial charge is 0.316 e. The summed E-state index contributed by atoms with van der Waals surface area (Å²) >= 11 is 0. The van der Waals surface area contributed by atoms with Crippen LogP contribution < -0.4 is 5.32 Å². The van der Waals surface area contributed by atoms with Crippen LogP contribution in [-0.4, -0.2) is 13.1 Å². The molecule has 0 saturated carbocycles. The lowest BCUT2D eigenvalue weighted by atomic mass is 9.83. The van der Waals surface area contributed by atoms with Crippen LogP contribution in [0, 0.1) is 6.92 Å². The second-order valence-corrected chi connectivity index (χ2v) is 6.01. The van der Waals surface area contributed by atoms with Gasteiger partial charge in [0.15, 0.2) is 0 Å². The Bertz CT molecular complexity index is 368. The molecule has 1 nitrogen and oxygen atoms in total. The first kappa shape index (κ1) is 11.7. The molecule has 1 fully saturated rings. The summed E-state index contributed by atoms with van der Waals surface area (Å²) < 4.78 is 0. The first-order chi connectivity index (χ1) is 7.48. The molecule has 0 radical (unpaired) electrons. The fourth-order valence-electron chi connectivity index (χ4n) is 2.52. The monoisotopic (exact) mass is 217 g/mol. The summed E-state index contributed by atoms with van der Waals surface area (Å²) in [5, 5.41) is 3.44. The van der Waals surface area contributed by atoms with Crippen LogP contribution in [0.3, 0.4) is 0 Å². The van der Waals surface area contributed by atoms with Gasteiger partial charge in [0.05, 0.1) is 0 Å². The molecule has 16 heavy (non-hydrogen) atoms. The SMILES string of the molecule is Cc1cc(C(C)(C)C)ccc1C1CCNC1. The van der Waals surface area contributed by atoms with E-state index in [0.29, 0.717) is 0 Å². The predicted octanol–water partition coefficient (Wildman–Crippen LogP) is 3.37. The van der Waals surface area contributed by atoms with Gasteiger partial charge in [0, 0.05) is 6.54 Å². The van der Waals surface area contributed by atoms with Crippen molar-refractivity contribution in [3.63, 3.8) is 0 Å². The van der Waals surface area contributed by atoms with Gasteiger partial charge in [-0.3, -0.25) is 0 Å². The molecule has 1 N–H and O–H groups in total. The van der Waals surface area contributed by atoms with E-state index in [1.807, 2.05) is 0 Å². The van der Waals surface area contributed by atoms with Crippen LogP contribution in [0.15, 0.2) is 18.2 Å².